The van der Waals surface area contributed by atoms with Gasteiger partial charge in [0.25, 0.3) is 0 Å². The third-order valence-electron chi connectivity index (χ3n) is 2.22. The highest BCUT2D eigenvalue weighted by molar-refractivity contribution is 5.86. The molecular weight excluding hydrogens is 221 g/mol. The summed E-state index contributed by atoms with van der Waals surface area (Å²) in [5, 5.41) is 2.20. The fourth-order valence-electron chi connectivity index (χ4n) is 0.863. The summed E-state index contributed by atoms with van der Waals surface area (Å²) in [6.07, 6.45) is -4.15. The van der Waals surface area contributed by atoms with E-state index < -0.39 is 17.6 Å². The topological polar surface area (TPSA) is 55.1 Å². The maximum Gasteiger partial charge on any atom is 0.415 e. The highest BCUT2D eigenvalue weighted by Gasteiger charge is 2.53. The minimum atomic E-state index is -4.74. The lowest BCUT2D eigenvalue weighted by atomic mass is 9.92. The van der Waals surface area contributed by atoms with Gasteiger partial charge in [0, 0.05) is 6.54 Å². The number of hydrogen-bond acceptors (Lipinski definition) is 2. The van der Waals surface area contributed by atoms with Crippen LogP contribution in [0.4, 0.5) is 13.2 Å². The van der Waals surface area contributed by atoms with E-state index in [-0.39, 0.29) is 12.0 Å². The fourth-order valence-corrected chi connectivity index (χ4v) is 0.863. The van der Waals surface area contributed by atoms with Crippen LogP contribution in [0.1, 0.15) is 34.1 Å². The van der Waals surface area contributed by atoms with E-state index in [1.807, 2.05) is 20.8 Å². The zero-order valence-electron chi connectivity index (χ0n) is 10.0. The maximum absolute atomic E-state index is 12.4. The van der Waals surface area contributed by atoms with Crippen LogP contribution >= 0.6 is 0 Å². The number of carbonyl (C=O) groups excluding carboxylic acids is 1. The van der Waals surface area contributed by atoms with Gasteiger partial charge < -0.3 is 11.1 Å². The van der Waals surface area contributed by atoms with Gasteiger partial charge in [-0.3, -0.25) is 4.79 Å². The molecule has 0 radical (unpaired) electrons. The minimum absolute atomic E-state index is 0.0451. The van der Waals surface area contributed by atoms with Crippen LogP contribution in [0.2, 0.25) is 0 Å². The van der Waals surface area contributed by atoms with Crippen molar-refractivity contribution >= 4 is 5.91 Å². The summed E-state index contributed by atoms with van der Waals surface area (Å²) in [6, 6.07) is 0. The third-order valence-corrected chi connectivity index (χ3v) is 2.22. The monoisotopic (exact) mass is 240 g/mol. The van der Waals surface area contributed by atoms with Crippen LogP contribution in [0.5, 0.6) is 0 Å². The molecule has 0 spiro atoms. The Morgan fingerprint density at radius 3 is 1.94 bits per heavy atom. The molecule has 6 heteroatoms. The Hall–Kier alpha value is -0.780. The Bertz CT molecular complexity index is 254. The van der Waals surface area contributed by atoms with E-state index in [0.29, 0.717) is 13.3 Å². The normalized spacial score (nSPS) is 16.8. The first kappa shape index (κ1) is 15.2. The summed E-state index contributed by atoms with van der Waals surface area (Å²) in [7, 11) is 0. The number of halogens is 3. The molecule has 0 saturated carbocycles. The van der Waals surface area contributed by atoms with E-state index in [1.54, 1.807) is 0 Å². The van der Waals surface area contributed by atoms with Crippen molar-refractivity contribution in [3.63, 3.8) is 0 Å². The summed E-state index contributed by atoms with van der Waals surface area (Å²) in [4.78, 5) is 11.2. The van der Waals surface area contributed by atoms with E-state index in [4.69, 9.17) is 5.73 Å². The van der Waals surface area contributed by atoms with Crippen LogP contribution in [0.3, 0.4) is 0 Å². The number of hydrogen-bond donors (Lipinski definition) is 2. The molecule has 0 heterocycles. The van der Waals surface area contributed by atoms with E-state index in [0.717, 1.165) is 0 Å². The molecule has 0 aliphatic rings. The van der Waals surface area contributed by atoms with Crippen molar-refractivity contribution in [2.24, 2.45) is 11.1 Å². The molecule has 0 aliphatic carbocycles. The van der Waals surface area contributed by atoms with Gasteiger partial charge in [0.1, 0.15) is 0 Å². The highest BCUT2D eigenvalue weighted by atomic mass is 19.4. The second-order valence-corrected chi connectivity index (χ2v) is 5.27. The summed E-state index contributed by atoms with van der Waals surface area (Å²) in [5.74, 6) is -1.19. The average molecular weight is 240 g/mol. The first-order chi connectivity index (χ1) is 6.88. The smallest absolute Gasteiger partial charge is 0.354 e. The molecule has 0 aromatic rings. The number of alkyl halides is 3. The van der Waals surface area contributed by atoms with Gasteiger partial charge in [-0.2, -0.15) is 13.2 Å². The SMILES string of the molecule is CC(C)(C)CCNC(=O)C(C)(N)C(F)(F)F. The van der Waals surface area contributed by atoms with Gasteiger partial charge in [-0.25, -0.2) is 0 Å². The van der Waals surface area contributed by atoms with Gasteiger partial charge in [-0.05, 0) is 18.8 Å². The number of amides is 1. The van der Waals surface area contributed by atoms with Gasteiger partial charge in [0.15, 0.2) is 5.54 Å². The Kier molecular flexibility index (Phi) is 4.38. The quantitative estimate of drug-likeness (QED) is 0.790. The average Bonchev–Trinajstić information content (AvgIpc) is 1.99. The van der Waals surface area contributed by atoms with E-state index in [2.05, 4.69) is 5.32 Å². The molecule has 3 nitrogen and oxygen atoms in total. The van der Waals surface area contributed by atoms with Crippen molar-refractivity contribution in [2.75, 3.05) is 6.54 Å². The molecule has 96 valence electrons. The maximum atomic E-state index is 12.4. The van der Waals surface area contributed by atoms with Crippen molar-refractivity contribution in [2.45, 2.75) is 45.8 Å². The van der Waals surface area contributed by atoms with Crippen LogP contribution in [0, 0.1) is 5.41 Å². The molecule has 0 aromatic carbocycles. The summed E-state index contributed by atoms with van der Waals surface area (Å²) in [5.41, 5.74) is 2.08. The molecule has 0 bridgehead atoms. The van der Waals surface area contributed by atoms with Crippen molar-refractivity contribution in [1.29, 1.82) is 0 Å². The molecule has 0 rings (SSSR count). The zero-order chi connectivity index (χ0) is 13.2. The van der Waals surface area contributed by atoms with E-state index in [9.17, 15) is 18.0 Å². The van der Waals surface area contributed by atoms with Crippen LogP contribution in [0.25, 0.3) is 0 Å². The summed E-state index contributed by atoms with van der Waals surface area (Å²) < 4.78 is 37.1. The van der Waals surface area contributed by atoms with Crippen molar-refractivity contribution in [1.82, 2.24) is 5.32 Å². The van der Waals surface area contributed by atoms with Crippen LogP contribution < -0.4 is 11.1 Å². The predicted octanol–water partition coefficient (Wildman–Crippen LogP) is 1.82. The second kappa shape index (κ2) is 4.61. The Labute approximate surface area is 93.6 Å². The standard InChI is InChI=1S/C10H19F3N2O/c1-8(2,3)5-6-15-7(16)9(4,14)10(11,12)13/h5-6,14H2,1-4H3,(H,15,16). The third kappa shape index (κ3) is 4.38. The first-order valence-electron chi connectivity index (χ1n) is 5.02. The first-order valence-corrected chi connectivity index (χ1v) is 5.02. The molecule has 0 aliphatic heterocycles. The Morgan fingerprint density at radius 2 is 1.62 bits per heavy atom. The Balaban J connectivity index is 4.28. The Morgan fingerprint density at radius 1 is 1.19 bits per heavy atom. The summed E-state index contributed by atoms with van der Waals surface area (Å²) in [6.45, 7) is 6.66. The van der Waals surface area contributed by atoms with Gasteiger partial charge in [-0.1, -0.05) is 20.8 Å². The van der Waals surface area contributed by atoms with Crippen LogP contribution in [-0.2, 0) is 4.79 Å². The van der Waals surface area contributed by atoms with Gasteiger partial charge in [0.05, 0.1) is 0 Å². The molecule has 0 saturated heterocycles. The van der Waals surface area contributed by atoms with Crippen molar-refractivity contribution in [3.05, 3.63) is 0 Å². The fraction of sp³-hybridized carbons (Fsp3) is 0.900. The van der Waals surface area contributed by atoms with Gasteiger partial charge >= 0.3 is 6.18 Å². The molecule has 1 atom stereocenters. The minimum Gasteiger partial charge on any atom is -0.354 e. The van der Waals surface area contributed by atoms with Gasteiger partial charge in [0.2, 0.25) is 5.91 Å². The highest BCUT2D eigenvalue weighted by Crippen LogP contribution is 2.28. The number of nitrogens with one attached hydrogen (secondary N) is 1. The predicted molar refractivity (Wildman–Crippen MR) is 55.7 cm³/mol. The number of rotatable bonds is 3. The molecule has 0 fully saturated rings. The molecule has 16 heavy (non-hydrogen) atoms. The zero-order valence-corrected chi connectivity index (χ0v) is 10.0. The van der Waals surface area contributed by atoms with Crippen molar-refractivity contribution in [3.8, 4) is 0 Å². The lowest BCUT2D eigenvalue weighted by molar-refractivity contribution is -0.187. The van der Waals surface area contributed by atoms with Crippen molar-refractivity contribution < 1.29 is 18.0 Å². The second-order valence-electron chi connectivity index (χ2n) is 5.27. The molecular formula is C10H19F3N2O. The molecule has 0 aromatic heterocycles. The molecule has 1 unspecified atom stereocenters. The number of nitrogens with two attached hydrogens (primary N) is 1. The lowest BCUT2D eigenvalue weighted by Crippen LogP contribution is -2.61. The summed E-state index contributed by atoms with van der Waals surface area (Å²) >= 11 is 0. The number of carbonyl (C=O) groups is 1. The largest absolute Gasteiger partial charge is 0.415 e. The van der Waals surface area contributed by atoms with E-state index in [1.165, 1.54) is 0 Å². The lowest BCUT2D eigenvalue weighted by Gasteiger charge is -2.27. The van der Waals surface area contributed by atoms with E-state index >= 15 is 0 Å². The molecule has 1 amide bonds. The van der Waals surface area contributed by atoms with Crippen LogP contribution in [0.15, 0.2) is 0 Å². The molecule has 3 N–H and O–H groups in total. The van der Waals surface area contributed by atoms with Crippen LogP contribution in [-0.4, -0.2) is 24.2 Å². The van der Waals surface area contributed by atoms with Gasteiger partial charge in [-0.15, -0.1) is 0 Å².